The standard InChI is InChI=1S/C33H39ClFN3O5S/c1-5-21(6-2)32-31(23-13-15-24(34)16-14-23)38(33(40)29(43-32)19-30(39)36(3)4)28(22-11-12-22)20-37(44(41,42)25-17-18-25)27-10-8-7-9-26(27)35/h5-10,13-16,22,25,28-29,31-32H,1,11-12,17-20H2,2-4H3. The third kappa shape index (κ3) is 6.57. The molecule has 0 bridgehead atoms. The lowest BCUT2D eigenvalue weighted by Gasteiger charge is -2.49. The first-order valence-electron chi connectivity index (χ1n) is 15.0. The predicted octanol–water partition coefficient (Wildman–Crippen LogP) is 5.50. The highest BCUT2D eigenvalue weighted by molar-refractivity contribution is 7.93. The summed E-state index contributed by atoms with van der Waals surface area (Å²) in [5, 5.41) is -0.0765. The van der Waals surface area contributed by atoms with Gasteiger partial charge in [-0.25, -0.2) is 12.8 Å². The molecule has 0 spiro atoms. The molecule has 2 saturated carbocycles. The van der Waals surface area contributed by atoms with E-state index in [-0.39, 0.29) is 30.5 Å². The third-order valence-electron chi connectivity index (χ3n) is 8.65. The summed E-state index contributed by atoms with van der Waals surface area (Å²) in [6, 6.07) is 11.6. The average molecular weight is 644 g/mol. The van der Waals surface area contributed by atoms with Gasteiger partial charge < -0.3 is 14.5 Å². The lowest BCUT2D eigenvalue weighted by Crippen LogP contribution is -2.61. The number of nitrogens with zero attached hydrogens (tertiary/aromatic N) is 3. The second-order valence-electron chi connectivity index (χ2n) is 11.9. The van der Waals surface area contributed by atoms with E-state index in [1.54, 1.807) is 43.3 Å². The van der Waals surface area contributed by atoms with Gasteiger partial charge >= 0.3 is 0 Å². The van der Waals surface area contributed by atoms with Crippen molar-refractivity contribution < 1.29 is 27.1 Å². The normalized spacial score (nSPS) is 23.3. The quantitative estimate of drug-likeness (QED) is 0.285. The second-order valence-corrected chi connectivity index (χ2v) is 14.5. The van der Waals surface area contributed by atoms with Crippen LogP contribution in [0, 0.1) is 11.7 Å². The van der Waals surface area contributed by atoms with E-state index >= 15 is 4.39 Å². The smallest absolute Gasteiger partial charge is 0.253 e. The van der Waals surface area contributed by atoms with Crippen LogP contribution in [0.5, 0.6) is 0 Å². The topological polar surface area (TPSA) is 87.2 Å². The van der Waals surface area contributed by atoms with Crippen LogP contribution in [-0.4, -0.2) is 74.2 Å². The SMILES string of the molecule is C=CC(=CC)C1OC(CC(=O)N(C)C)C(=O)N(C(CN(c2ccccc2F)S(=O)(=O)C2CC2)C2CC2)C1c1ccc(Cl)cc1. The molecule has 8 nitrogen and oxygen atoms in total. The van der Waals surface area contributed by atoms with Crippen LogP contribution in [0.4, 0.5) is 10.1 Å². The van der Waals surface area contributed by atoms with Crippen LogP contribution in [0.15, 0.2) is 72.8 Å². The first kappa shape index (κ1) is 32.2. The van der Waals surface area contributed by atoms with E-state index in [1.165, 1.54) is 27.4 Å². The fourth-order valence-electron chi connectivity index (χ4n) is 5.91. The Morgan fingerprint density at radius 3 is 2.34 bits per heavy atom. The van der Waals surface area contributed by atoms with Gasteiger partial charge in [0.05, 0.1) is 36.0 Å². The van der Waals surface area contributed by atoms with Crippen LogP contribution in [0.3, 0.4) is 0 Å². The molecule has 2 aromatic carbocycles. The molecule has 1 saturated heterocycles. The van der Waals surface area contributed by atoms with Gasteiger partial charge in [-0.15, -0.1) is 0 Å². The number of para-hydroxylation sites is 1. The number of halogens is 2. The zero-order valence-corrected chi connectivity index (χ0v) is 26.8. The summed E-state index contributed by atoms with van der Waals surface area (Å²) in [7, 11) is -0.681. The molecular formula is C33H39ClFN3O5S. The van der Waals surface area contributed by atoms with Gasteiger partial charge in [-0.05, 0) is 73.9 Å². The van der Waals surface area contributed by atoms with Gasteiger partial charge in [-0.3, -0.25) is 13.9 Å². The molecule has 0 N–H and O–H groups in total. The maximum absolute atomic E-state index is 15.3. The number of ether oxygens (including phenoxy) is 1. The summed E-state index contributed by atoms with van der Waals surface area (Å²) in [4.78, 5) is 30.6. The third-order valence-corrected chi connectivity index (χ3v) is 11.2. The number of anilines is 1. The lowest BCUT2D eigenvalue weighted by atomic mass is 9.88. The number of allylic oxidation sites excluding steroid dienone is 1. The molecular weight excluding hydrogens is 605 g/mol. The summed E-state index contributed by atoms with van der Waals surface area (Å²) < 4.78 is 50.7. The number of amides is 2. The molecule has 0 aromatic heterocycles. The lowest BCUT2D eigenvalue weighted by molar-refractivity contribution is -0.176. The summed E-state index contributed by atoms with van der Waals surface area (Å²) in [6.07, 6.45) is 4.09. The molecule has 4 atom stereocenters. The summed E-state index contributed by atoms with van der Waals surface area (Å²) in [5.41, 5.74) is 1.42. The van der Waals surface area contributed by atoms with Gasteiger partial charge in [0.15, 0.2) is 0 Å². The number of hydrogen-bond donors (Lipinski definition) is 0. The van der Waals surface area contributed by atoms with Crippen molar-refractivity contribution in [1.82, 2.24) is 9.80 Å². The molecule has 4 unspecified atom stereocenters. The van der Waals surface area contributed by atoms with Crippen molar-refractivity contribution in [2.45, 2.75) is 68.6 Å². The Hall–Kier alpha value is -3.21. The largest absolute Gasteiger partial charge is 0.357 e. The Bertz CT molecular complexity index is 1540. The highest BCUT2D eigenvalue weighted by atomic mass is 35.5. The van der Waals surface area contributed by atoms with Gasteiger partial charge in [-0.2, -0.15) is 0 Å². The number of rotatable bonds is 12. The van der Waals surface area contributed by atoms with Crippen molar-refractivity contribution in [1.29, 1.82) is 0 Å². The molecule has 0 radical (unpaired) electrons. The van der Waals surface area contributed by atoms with Crippen LogP contribution < -0.4 is 4.31 Å². The Balaban J connectivity index is 1.66. The second kappa shape index (κ2) is 13.0. The zero-order chi connectivity index (χ0) is 31.8. The Morgan fingerprint density at radius 2 is 1.80 bits per heavy atom. The van der Waals surface area contributed by atoms with Crippen LogP contribution in [0.2, 0.25) is 5.02 Å². The minimum Gasteiger partial charge on any atom is -0.357 e. The highest BCUT2D eigenvalue weighted by Crippen LogP contribution is 2.46. The van der Waals surface area contributed by atoms with Gasteiger partial charge in [0.2, 0.25) is 15.9 Å². The first-order valence-corrected chi connectivity index (χ1v) is 16.8. The van der Waals surface area contributed by atoms with Crippen LogP contribution in [-0.2, 0) is 24.3 Å². The minimum absolute atomic E-state index is 0.0286. The molecule has 1 aliphatic heterocycles. The van der Waals surface area contributed by atoms with Crippen molar-refractivity contribution in [2.24, 2.45) is 5.92 Å². The maximum atomic E-state index is 15.3. The maximum Gasteiger partial charge on any atom is 0.253 e. The fraction of sp³-hybridized carbons (Fsp3) is 0.455. The molecule has 11 heteroatoms. The molecule has 2 aliphatic carbocycles. The number of hydrogen-bond acceptors (Lipinski definition) is 5. The van der Waals surface area contributed by atoms with E-state index in [2.05, 4.69) is 6.58 Å². The fourth-order valence-corrected chi connectivity index (χ4v) is 7.91. The van der Waals surface area contributed by atoms with E-state index in [0.717, 1.165) is 24.0 Å². The van der Waals surface area contributed by atoms with Crippen molar-refractivity contribution in [3.05, 3.63) is 89.2 Å². The van der Waals surface area contributed by atoms with E-state index < -0.39 is 51.3 Å². The highest BCUT2D eigenvalue weighted by Gasteiger charge is 2.52. The Morgan fingerprint density at radius 1 is 1.14 bits per heavy atom. The van der Waals surface area contributed by atoms with Gasteiger partial charge in [0, 0.05) is 19.1 Å². The van der Waals surface area contributed by atoms with Crippen LogP contribution >= 0.6 is 11.6 Å². The van der Waals surface area contributed by atoms with Crippen LogP contribution in [0.25, 0.3) is 0 Å². The zero-order valence-electron chi connectivity index (χ0n) is 25.2. The number of carbonyl (C=O) groups excluding carboxylic acids is 2. The van der Waals surface area contributed by atoms with Gasteiger partial charge in [-0.1, -0.05) is 54.6 Å². The van der Waals surface area contributed by atoms with E-state index in [4.69, 9.17) is 16.3 Å². The molecule has 2 aromatic rings. The average Bonchev–Trinajstić information content (AvgIpc) is 3.90. The molecule has 2 amide bonds. The molecule has 3 aliphatic rings. The van der Waals surface area contributed by atoms with Gasteiger partial charge in [0.25, 0.3) is 5.91 Å². The molecule has 1 heterocycles. The number of sulfonamides is 1. The molecule has 236 valence electrons. The van der Waals surface area contributed by atoms with Crippen molar-refractivity contribution in [2.75, 3.05) is 24.9 Å². The van der Waals surface area contributed by atoms with E-state index in [1.807, 2.05) is 25.1 Å². The summed E-state index contributed by atoms with van der Waals surface area (Å²) >= 11 is 6.25. The van der Waals surface area contributed by atoms with Gasteiger partial charge in [0.1, 0.15) is 18.0 Å². The van der Waals surface area contributed by atoms with Crippen molar-refractivity contribution in [3.8, 4) is 0 Å². The minimum atomic E-state index is -3.91. The predicted molar refractivity (Wildman–Crippen MR) is 169 cm³/mol. The Kier molecular flexibility index (Phi) is 9.53. The van der Waals surface area contributed by atoms with E-state index in [9.17, 15) is 18.0 Å². The van der Waals surface area contributed by atoms with Crippen LogP contribution in [0.1, 0.15) is 50.6 Å². The first-order chi connectivity index (χ1) is 21.0. The molecule has 44 heavy (non-hydrogen) atoms. The summed E-state index contributed by atoms with van der Waals surface area (Å²) in [5.74, 6) is -1.37. The molecule has 5 rings (SSSR count). The summed E-state index contributed by atoms with van der Waals surface area (Å²) in [6.45, 7) is 5.70. The van der Waals surface area contributed by atoms with Crippen molar-refractivity contribution in [3.63, 3.8) is 0 Å². The number of benzene rings is 2. The number of morpholine rings is 1. The number of carbonyl (C=O) groups is 2. The van der Waals surface area contributed by atoms with Crippen molar-refractivity contribution >= 4 is 39.1 Å². The van der Waals surface area contributed by atoms with E-state index in [0.29, 0.717) is 17.9 Å². The molecule has 3 fully saturated rings. The Labute approximate surface area is 264 Å². The monoisotopic (exact) mass is 643 g/mol.